The lowest BCUT2D eigenvalue weighted by atomic mass is 10.2. The fraction of sp³-hybridized carbons (Fsp3) is 0.417. The largest absolute Gasteiger partial charge is 0.468 e. The average molecular weight is 267 g/mol. The highest BCUT2D eigenvalue weighted by atomic mass is 32.1. The monoisotopic (exact) mass is 267 g/mol. The number of anilines is 1. The minimum absolute atomic E-state index is 0.144. The number of hydrogen-bond acceptors (Lipinski definition) is 5. The van der Waals surface area contributed by atoms with E-state index in [9.17, 15) is 4.79 Å². The molecule has 0 aliphatic carbocycles. The summed E-state index contributed by atoms with van der Waals surface area (Å²) in [5.74, 6) is -0.294. The highest BCUT2D eigenvalue weighted by molar-refractivity contribution is 7.80. The summed E-state index contributed by atoms with van der Waals surface area (Å²) in [4.78, 5) is 17.6. The Bertz CT molecular complexity index is 449. The lowest BCUT2D eigenvalue weighted by Gasteiger charge is -2.27. The number of carbonyl (C=O) groups is 1. The van der Waals surface area contributed by atoms with Crippen molar-refractivity contribution >= 4 is 28.9 Å². The fourth-order valence-electron chi connectivity index (χ4n) is 1.51. The molecule has 0 atom stereocenters. The second-order valence-corrected chi connectivity index (χ2v) is 4.50. The van der Waals surface area contributed by atoms with Gasteiger partial charge in [-0.05, 0) is 26.0 Å². The molecule has 6 heteroatoms. The molecule has 0 fully saturated rings. The van der Waals surface area contributed by atoms with Gasteiger partial charge >= 0.3 is 5.97 Å². The van der Waals surface area contributed by atoms with E-state index in [1.807, 2.05) is 24.8 Å². The molecule has 0 radical (unpaired) electrons. The van der Waals surface area contributed by atoms with Crippen molar-refractivity contribution in [3.8, 4) is 0 Å². The van der Waals surface area contributed by atoms with E-state index in [0.717, 1.165) is 5.69 Å². The van der Waals surface area contributed by atoms with Crippen LogP contribution in [0.25, 0.3) is 0 Å². The maximum atomic E-state index is 11.4. The van der Waals surface area contributed by atoms with E-state index in [-0.39, 0.29) is 23.5 Å². The molecule has 0 aliphatic rings. The topological polar surface area (TPSA) is 68.5 Å². The first-order valence-electron chi connectivity index (χ1n) is 5.55. The Balaban J connectivity index is 3.02. The van der Waals surface area contributed by atoms with Gasteiger partial charge in [-0.25, -0.2) is 0 Å². The SMILES string of the molecule is COC(=O)CN(c1ccnc(C(N)=S)c1)C(C)C. The lowest BCUT2D eigenvalue weighted by Crippen LogP contribution is -2.36. The van der Waals surface area contributed by atoms with Crippen molar-refractivity contribution in [2.75, 3.05) is 18.6 Å². The van der Waals surface area contributed by atoms with Crippen molar-refractivity contribution in [1.29, 1.82) is 0 Å². The normalized spacial score (nSPS) is 10.2. The van der Waals surface area contributed by atoms with E-state index in [1.54, 1.807) is 12.3 Å². The van der Waals surface area contributed by atoms with Gasteiger partial charge in [0.05, 0.1) is 12.8 Å². The van der Waals surface area contributed by atoms with Crippen molar-refractivity contribution < 1.29 is 9.53 Å². The average Bonchev–Trinajstić information content (AvgIpc) is 2.35. The second-order valence-electron chi connectivity index (χ2n) is 4.06. The molecule has 1 rings (SSSR count). The summed E-state index contributed by atoms with van der Waals surface area (Å²) in [5.41, 5.74) is 6.93. The maximum Gasteiger partial charge on any atom is 0.325 e. The summed E-state index contributed by atoms with van der Waals surface area (Å²) in [6.45, 7) is 4.16. The van der Waals surface area contributed by atoms with Crippen LogP contribution in [0.15, 0.2) is 18.3 Å². The van der Waals surface area contributed by atoms with Crippen LogP contribution >= 0.6 is 12.2 Å². The molecule has 0 saturated heterocycles. The second kappa shape index (κ2) is 6.30. The minimum atomic E-state index is -0.294. The highest BCUT2D eigenvalue weighted by Crippen LogP contribution is 2.17. The molecule has 0 aliphatic heterocycles. The zero-order chi connectivity index (χ0) is 13.7. The number of aromatic nitrogens is 1. The van der Waals surface area contributed by atoms with Crippen LogP contribution in [0.3, 0.4) is 0 Å². The molecule has 5 nitrogen and oxygen atoms in total. The van der Waals surface area contributed by atoms with Gasteiger partial charge in [0.15, 0.2) is 0 Å². The molecule has 18 heavy (non-hydrogen) atoms. The summed E-state index contributed by atoms with van der Waals surface area (Å²) in [7, 11) is 1.37. The van der Waals surface area contributed by atoms with Crippen LogP contribution in [0, 0.1) is 0 Å². The fourth-order valence-corrected chi connectivity index (χ4v) is 1.62. The van der Waals surface area contributed by atoms with Crippen molar-refractivity contribution in [3.63, 3.8) is 0 Å². The molecule has 1 aromatic heterocycles. The van der Waals surface area contributed by atoms with Gasteiger partial charge in [-0.3, -0.25) is 9.78 Å². The predicted molar refractivity (Wildman–Crippen MR) is 74.6 cm³/mol. The van der Waals surface area contributed by atoms with Gasteiger partial charge in [0, 0.05) is 17.9 Å². The number of methoxy groups -OCH3 is 1. The van der Waals surface area contributed by atoms with Gasteiger partial charge in [-0.2, -0.15) is 0 Å². The van der Waals surface area contributed by atoms with Crippen LogP contribution in [0.2, 0.25) is 0 Å². The molecule has 98 valence electrons. The first kappa shape index (κ1) is 14.4. The van der Waals surface area contributed by atoms with E-state index in [1.165, 1.54) is 7.11 Å². The number of nitrogens with zero attached hydrogens (tertiary/aromatic N) is 2. The Hall–Kier alpha value is -1.69. The number of carbonyl (C=O) groups excluding carboxylic acids is 1. The zero-order valence-corrected chi connectivity index (χ0v) is 11.5. The maximum absolute atomic E-state index is 11.4. The first-order chi connectivity index (χ1) is 8.45. The molecule has 0 saturated carbocycles. The van der Waals surface area contributed by atoms with Crippen LogP contribution in [0.4, 0.5) is 5.69 Å². The van der Waals surface area contributed by atoms with E-state index in [2.05, 4.69) is 9.72 Å². The molecular formula is C12H17N3O2S. The molecule has 0 amide bonds. The number of esters is 1. The smallest absolute Gasteiger partial charge is 0.325 e. The molecule has 1 heterocycles. The summed E-state index contributed by atoms with van der Waals surface area (Å²) in [6, 6.07) is 3.72. The van der Waals surface area contributed by atoms with Gasteiger partial charge in [0.1, 0.15) is 11.5 Å². The molecule has 1 aromatic rings. The van der Waals surface area contributed by atoms with Crippen LogP contribution in [-0.4, -0.2) is 35.6 Å². The van der Waals surface area contributed by atoms with E-state index < -0.39 is 0 Å². The first-order valence-corrected chi connectivity index (χ1v) is 5.95. The molecule has 0 unspecified atom stereocenters. The summed E-state index contributed by atoms with van der Waals surface area (Å²) in [6.07, 6.45) is 1.62. The summed E-state index contributed by atoms with van der Waals surface area (Å²) < 4.78 is 4.68. The van der Waals surface area contributed by atoms with Gasteiger partial charge in [0.2, 0.25) is 0 Å². The molecule has 0 bridgehead atoms. The number of pyridine rings is 1. The summed E-state index contributed by atoms with van der Waals surface area (Å²) >= 11 is 4.89. The van der Waals surface area contributed by atoms with Crippen LogP contribution < -0.4 is 10.6 Å². The molecule has 0 spiro atoms. The zero-order valence-electron chi connectivity index (χ0n) is 10.7. The van der Waals surface area contributed by atoms with Gasteiger partial charge in [-0.1, -0.05) is 12.2 Å². The molecule has 2 N–H and O–H groups in total. The van der Waals surface area contributed by atoms with Crippen LogP contribution in [0.5, 0.6) is 0 Å². The quantitative estimate of drug-likeness (QED) is 0.636. The number of ether oxygens (including phenoxy) is 1. The summed E-state index contributed by atoms with van der Waals surface area (Å²) in [5, 5.41) is 0. The van der Waals surface area contributed by atoms with E-state index >= 15 is 0 Å². The third-order valence-corrected chi connectivity index (χ3v) is 2.69. The van der Waals surface area contributed by atoms with Gasteiger partial charge in [0.25, 0.3) is 0 Å². The highest BCUT2D eigenvalue weighted by Gasteiger charge is 2.16. The van der Waals surface area contributed by atoms with Crippen molar-refractivity contribution in [1.82, 2.24) is 4.98 Å². The third-order valence-electron chi connectivity index (χ3n) is 2.48. The number of hydrogen-bond donors (Lipinski definition) is 1. The van der Waals surface area contributed by atoms with Gasteiger partial charge < -0.3 is 15.4 Å². The van der Waals surface area contributed by atoms with Crippen LogP contribution in [0.1, 0.15) is 19.5 Å². The van der Waals surface area contributed by atoms with Crippen molar-refractivity contribution in [2.45, 2.75) is 19.9 Å². The Morgan fingerprint density at radius 2 is 2.28 bits per heavy atom. The number of rotatable bonds is 5. The van der Waals surface area contributed by atoms with Gasteiger partial charge in [-0.15, -0.1) is 0 Å². The van der Waals surface area contributed by atoms with Crippen molar-refractivity contribution in [2.24, 2.45) is 5.73 Å². The number of thiocarbonyl (C=S) groups is 1. The van der Waals surface area contributed by atoms with E-state index in [0.29, 0.717) is 5.69 Å². The Labute approximate surface area is 112 Å². The molecular weight excluding hydrogens is 250 g/mol. The van der Waals surface area contributed by atoms with Crippen molar-refractivity contribution in [3.05, 3.63) is 24.0 Å². The number of nitrogens with two attached hydrogens (primary N) is 1. The minimum Gasteiger partial charge on any atom is -0.468 e. The Morgan fingerprint density at radius 3 is 2.78 bits per heavy atom. The van der Waals surface area contributed by atoms with E-state index in [4.69, 9.17) is 18.0 Å². The Morgan fingerprint density at radius 1 is 1.61 bits per heavy atom. The molecule has 0 aromatic carbocycles. The van der Waals surface area contributed by atoms with Crippen LogP contribution in [-0.2, 0) is 9.53 Å². The predicted octanol–water partition coefficient (Wildman–Crippen LogP) is 1.10. The third kappa shape index (κ3) is 3.66. The Kier molecular flexibility index (Phi) is 5.03. The lowest BCUT2D eigenvalue weighted by molar-refractivity contribution is -0.139. The standard InChI is InChI=1S/C12H17N3O2S/c1-8(2)15(7-11(16)17-3)9-4-5-14-10(6-9)12(13)18/h4-6,8H,7H2,1-3H3,(H2,13,18).